The Kier molecular flexibility index (Phi) is 8.84. The van der Waals surface area contributed by atoms with Crippen LogP contribution in [-0.2, 0) is 9.53 Å². The van der Waals surface area contributed by atoms with E-state index in [1.54, 1.807) is 30.3 Å². The van der Waals surface area contributed by atoms with Gasteiger partial charge >= 0.3 is 64.3 Å². The van der Waals surface area contributed by atoms with Gasteiger partial charge in [-0.25, -0.2) is 4.79 Å². The van der Waals surface area contributed by atoms with Crippen LogP contribution in [0.25, 0.3) is 0 Å². The van der Waals surface area contributed by atoms with Crippen molar-refractivity contribution in [2.24, 2.45) is 0 Å². The molecule has 1 amide bonds. The van der Waals surface area contributed by atoms with E-state index in [0.29, 0.717) is 11.8 Å². The Morgan fingerprint density at radius 3 is 2.31 bits per heavy atom. The first-order chi connectivity index (χ1) is 11.8. The molecule has 0 bridgehead atoms. The van der Waals surface area contributed by atoms with Gasteiger partial charge in [0.1, 0.15) is 5.75 Å². The summed E-state index contributed by atoms with van der Waals surface area (Å²) in [6.45, 7) is -5.74. The monoisotopic (exact) mass is 391 g/mol. The molecule has 0 unspecified atom stereocenters. The van der Waals surface area contributed by atoms with Crippen LogP contribution in [0.5, 0.6) is 5.75 Å². The maximum Gasteiger partial charge on any atom is 1.00 e. The number of carbonyl (C=O) groups excluding carboxylic acids is 2. The minimum atomic E-state index is -5.35. The van der Waals surface area contributed by atoms with E-state index < -0.39 is 24.3 Å². The van der Waals surface area contributed by atoms with Gasteiger partial charge in [-0.2, -0.15) is 0 Å². The molecule has 1 N–H and O–H groups in total. The minimum absolute atomic E-state index is 0. The van der Waals surface area contributed by atoms with E-state index in [9.17, 15) is 22.5 Å². The number of esters is 1. The van der Waals surface area contributed by atoms with E-state index >= 15 is 0 Å². The number of ether oxygens (including phenoxy) is 2. The van der Waals surface area contributed by atoms with Crippen molar-refractivity contribution in [2.45, 2.75) is 0 Å². The molecule has 0 spiro atoms. The van der Waals surface area contributed by atoms with Gasteiger partial charge in [0.15, 0.2) is 6.61 Å². The summed E-state index contributed by atoms with van der Waals surface area (Å²) in [6, 6.07) is 11.0. The van der Waals surface area contributed by atoms with Crippen LogP contribution < -0.4 is 66.9 Å². The summed E-state index contributed by atoms with van der Waals surface area (Å²) in [5.41, 5.74) is -1.49. The molecule has 0 aliphatic heterocycles. The van der Waals surface area contributed by atoms with E-state index in [0.717, 1.165) is 19.2 Å². The number of halogens is 3. The molecule has 10 heteroatoms. The third-order valence-electron chi connectivity index (χ3n) is 3.15. The summed E-state index contributed by atoms with van der Waals surface area (Å²) in [5, 5.41) is 2.28. The Morgan fingerprint density at radius 2 is 1.73 bits per heavy atom. The summed E-state index contributed by atoms with van der Waals surface area (Å²) in [6.07, 6.45) is 0. The van der Waals surface area contributed by atoms with Crippen LogP contribution in [-0.4, -0.2) is 32.6 Å². The van der Waals surface area contributed by atoms with E-state index in [1.165, 1.54) is 0 Å². The molecule has 2 rings (SSSR count). The number of carbonyl (C=O) groups is 2. The Labute approximate surface area is 190 Å². The van der Waals surface area contributed by atoms with Crippen LogP contribution in [0.2, 0.25) is 0 Å². The molecular formula is C16H14BF3KNO4. The zero-order chi connectivity index (χ0) is 18.4. The minimum Gasteiger partial charge on any atom is -0.484 e. The van der Waals surface area contributed by atoms with Crippen molar-refractivity contribution in [1.29, 1.82) is 0 Å². The molecule has 0 saturated heterocycles. The molecule has 2 aromatic rings. The van der Waals surface area contributed by atoms with Crippen molar-refractivity contribution < 1.29 is 83.4 Å². The second kappa shape index (κ2) is 10.1. The van der Waals surface area contributed by atoms with E-state index in [2.05, 4.69) is 10.1 Å². The number of rotatable bonds is 6. The molecule has 0 radical (unpaired) electrons. The molecular weight excluding hydrogens is 377 g/mol. The quantitative estimate of drug-likeness (QED) is 0.535. The van der Waals surface area contributed by atoms with Gasteiger partial charge < -0.3 is 27.7 Å². The zero-order valence-electron chi connectivity index (χ0n) is 14.2. The smallest absolute Gasteiger partial charge is 0.484 e. The van der Waals surface area contributed by atoms with Crippen molar-refractivity contribution in [1.82, 2.24) is 0 Å². The maximum absolute atomic E-state index is 13.0. The standard InChI is InChI=1S/C16H14BF3NO4.K/c1-24-16(23)11-7-12(17(18,19)20)9-13(8-11)21-15(22)10-25-14-5-3-2-4-6-14;/h2-9H,10H2,1H3,(H,21,22);/q-1;+1. The van der Waals surface area contributed by atoms with Crippen molar-refractivity contribution >= 4 is 30.0 Å². The van der Waals surface area contributed by atoms with Crippen LogP contribution in [0.4, 0.5) is 18.6 Å². The van der Waals surface area contributed by atoms with E-state index in [-0.39, 0.29) is 69.2 Å². The van der Waals surface area contributed by atoms with Crippen LogP contribution in [0.15, 0.2) is 48.5 Å². The molecule has 0 heterocycles. The van der Waals surface area contributed by atoms with Crippen LogP contribution in [0, 0.1) is 0 Å². The number of nitrogens with one attached hydrogen (secondary N) is 1. The van der Waals surface area contributed by atoms with Crippen molar-refractivity contribution in [3.05, 3.63) is 54.1 Å². The second-order valence-corrected chi connectivity index (χ2v) is 5.06. The Morgan fingerprint density at radius 1 is 1.08 bits per heavy atom. The fourth-order valence-electron chi connectivity index (χ4n) is 2.01. The van der Waals surface area contributed by atoms with Crippen molar-refractivity contribution in [3.63, 3.8) is 0 Å². The summed E-state index contributed by atoms with van der Waals surface area (Å²) < 4.78 is 48.6. The van der Waals surface area contributed by atoms with Crippen LogP contribution in [0.3, 0.4) is 0 Å². The number of hydrogen-bond acceptors (Lipinski definition) is 4. The fourth-order valence-corrected chi connectivity index (χ4v) is 2.01. The number of methoxy groups -OCH3 is 1. The first-order valence-corrected chi connectivity index (χ1v) is 7.20. The average molecular weight is 391 g/mol. The molecule has 0 aliphatic carbocycles. The molecule has 132 valence electrons. The van der Waals surface area contributed by atoms with Gasteiger partial charge in [0, 0.05) is 5.69 Å². The SMILES string of the molecule is COC(=O)c1cc(NC(=O)COc2ccccc2)cc([B-](F)(F)F)c1.[K+]. The molecule has 26 heavy (non-hydrogen) atoms. The first kappa shape index (κ1) is 22.7. The molecule has 0 aliphatic rings. The summed E-state index contributed by atoms with van der Waals surface area (Å²) in [7, 11) is 1.06. The fraction of sp³-hybridized carbons (Fsp3) is 0.125. The molecule has 2 aromatic carbocycles. The van der Waals surface area contributed by atoms with E-state index in [1.807, 2.05) is 0 Å². The van der Waals surface area contributed by atoms with Gasteiger partial charge in [-0.15, -0.1) is 5.46 Å². The largest absolute Gasteiger partial charge is 1.00 e. The van der Waals surface area contributed by atoms with Gasteiger partial charge in [0.25, 0.3) is 5.91 Å². The van der Waals surface area contributed by atoms with Crippen LogP contribution in [0.1, 0.15) is 10.4 Å². The predicted molar refractivity (Wildman–Crippen MR) is 87.1 cm³/mol. The molecule has 0 fully saturated rings. The Bertz CT molecular complexity index is 772. The van der Waals surface area contributed by atoms with Gasteiger partial charge in [0.05, 0.1) is 12.7 Å². The van der Waals surface area contributed by atoms with Gasteiger partial charge in [-0.1, -0.05) is 30.3 Å². The third-order valence-corrected chi connectivity index (χ3v) is 3.15. The molecule has 5 nitrogen and oxygen atoms in total. The molecule has 0 aromatic heterocycles. The Hall–Kier alpha value is -1.33. The number of hydrogen-bond donors (Lipinski definition) is 1. The Balaban J connectivity index is 0.00000338. The average Bonchev–Trinajstić information content (AvgIpc) is 2.59. The zero-order valence-corrected chi connectivity index (χ0v) is 17.3. The number of anilines is 1. The van der Waals surface area contributed by atoms with Gasteiger partial charge in [-0.05, 0) is 18.2 Å². The first-order valence-electron chi connectivity index (χ1n) is 7.20. The number of benzene rings is 2. The third kappa shape index (κ3) is 6.77. The summed E-state index contributed by atoms with van der Waals surface area (Å²) in [5.74, 6) is -1.15. The van der Waals surface area contributed by atoms with Gasteiger partial charge in [-0.3, -0.25) is 4.79 Å². The van der Waals surface area contributed by atoms with Crippen molar-refractivity contribution in [2.75, 3.05) is 19.0 Å². The number of amides is 1. The van der Waals surface area contributed by atoms with E-state index in [4.69, 9.17) is 4.74 Å². The number of para-hydroxylation sites is 1. The van der Waals surface area contributed by atoms with Crippen LogP contribution >= 0.6 is 0 Å². The normalized spacial score (nSPS) is 10.5. The molecule has 0 saturated carbocycles. The topological polar surface area (TPSA) is 64.6 Å². The predicted octanol–water partition coefficient (Wildman–Crippen LogP) is -0.451. The van der Waals surface area contributed by atoms with Gasteiger partial charge in [0.2, 0.25) is 0 Å². The summed E-state index contributed by atoms with van der Waals surface area (Å²) in [4.78, 5) is 23.4. The second-order valence-electron chi connectivity index (χ2n) is 5.06. The summed E-state index contributed by atoms with van der Waals surface area (Å²) >= 11 is 0. The van der Waals surface area contributed by atoms with Crippen molar-refractivity contribution in [3.8, 4) is 5.75 Å². The maximum atomic E-state index is 13.0. The molecule has 0 atom stereocenters.